The van der Waals surface area contributed by atoms with Crippen molar-refractivity contribution in [3.8, 4) is 16.9 Å². The number of benzene rings is 2. The van der Waals surface area contributed by atoms with E-state index in [1.165, 1.54) is 36.4 Å². The monoisotopic (exact) mass is 416 g/mol. The van der Waals surface area contributed by atoms with Gasteiger partial charge in [-0.3, -0.25) is 0 Å². The van der Waals surface area contributed by atoms with Crippen molar-refractivity contribution in [3.63, 3.8) is 0 Å². The summed E-state index contributed by atoms with van der Waals surface area (Å²) in [5.41, 5.74) is 1.28. The molecule has 0 heterocycles. The van der Waals surface area contributed by atoms with Gasteiger partial charge in [-0.05, 0) is 35.2 Å². The first-order valence-corrected chi connectivity index (χ1v) is 7.77. The summed E-state index contributed by atoms with van der Waals surface area (Å²) in [6.45, 7) is 0. The predicted molar refractivity (Wildman–Crippen MR) is 82.8 cm³/mol. The average molecular weight is 416 g/mol. The Labute approximate surface area is 153 Å². The Kier molecular flexibility index (Phi) is 5.64. The third-order valence-electron chi connectivity index (χ3n) is 4.09. The molecule has 1 N–H and O–H groups in total. The van der Waals surface area contributed by atoms with Gasteiger partial charge in [0.1, 0.15) is 5.75 Å². The number of phenols is 1. The Morgan fingerprint density at radius 1 is 0.607 bits per heavy atom. The topological polar surface area (TPSA) is 20.2 Å². The van der Waals surface area contributed by atoms with Crippen molar-refractivity contribution in [2.45, 2.75) is 36.8 Å². The van der Waals surface area contributed by atoms with Gasteiger partial charge in [0.25, 0.3) is 0 Å². The molecular formula is C18H13F9O. The van der Waals surface area contributed by atoms with E-state index in [1.54, 1.807) is 12.1 Å². The van der Waals surface area contributed by atoms with E-state index >= 15 is 0 Å². The number of alkyl halides is 9. The van der Waals surface area contributed by atoms with Crippen LogP contribution in [0.25, 0.3) is 11.1 Å². The van der Waals surface area contributed by atoms with Crippen molar-refractivity contribution in [3.05, 3.63) is 54.1 Å². The summed E-state index contributed by atoms with van der Waals surface area (Å²) in [5, 5.41) is 9.21. The van der Waals surface area contributed by atoms with Crippen LogP contribution in [0, 0.1) is 0 Å². The molecule has 154 valence electrons. The second-order valence-corrected chi connectivity index (χ2v) is 6.09. The van der Waals surface area contributed by atoms with Crippen LogP contribution in [0.2, 0.25) is 0 Å². The highest BCUT2D eigenvalue weighted by Crippen LogP contribution is 2.54. The number of phenolic OH excluding ortho intramolecular Hbond substituents is 1. The lowest BCUT2D eigenvalue weighted by atomic mass is 9.96. The molecule has 0 bridgehead atoms. The number of halogens is 9. The molecule has 0 fully saturated rings. The lowest BCUT2D eigenvalue weighted by Crippen LogP contribution is -2.60. The fourth-order valence-corrected chi connectivity index (χ4v) is 2.38. The minimum atomic E-state index is -6.87. The lowest BCUT2D eigenvalue weighted by molar-refractivity contribution is -0.396. The van der Waals surface area contributed by atoms with Gasteiger partial charge in [0.05, 0.1) is 0 Å². The van der Waals surface area contributed by atoms with Gasteiger partial charge in [0.15, 0.2) is 0 Å². The van der Waals surface area contributed by atoms with E-state index in [0.717, 1.165) is 0 Å². The summed E-state index contributed by atoms with van der Waals surface area (Å²) in [5.74, 6) is -19.0. The van der Waals surface area contributed by atoms with E-state index in [4.69, 9.17) is 0 Å². The molecule has 0 aliphatic rings. The van der Waals surface area contributed by atoms with Crippen LogP contribution < -0.4 is 0 Å². The van der Waals surface area contributed by atoms with Gasteiger partial charge in [0.2, 0.25) is 0 Å². The zero-order valence-electron chi connectivity index (χ0n) is 13.9. The van der Waals surface area contributed by atoms with Gasteiger partial charge in [0, 0.05) is 6.42 Å². The summed E-state index contributed by atoms with van der Waals surface area (Å²) in [6.07, 6.45) is -9.55. The maximum atomic E-state index is 13.5. The number of aryl methyl sites for hydroxylation is 1. The second-order valence-electron chi connectivity index (χ2n) is 6.09. The van der Waals surface area contributed by atoms with Crippen molar-refractivity contribution in [1.82, 2.24) is 0 Å². The van der Waals surface area contributed by atoms with Crippen molar-refractivity contribution in [1.29, 1.82) is 0 Å². The first-order chi connectivity index (χ1) is 12.7. The highest BCUT2D eigenvalue weighted by Gasteiger charge is 2.81. The average Bonchev–Trinajstić information content (AvgIpc) is 2.60. The Balaban J connectivity index is 2.13. The summed E-state index contributed by atoms with van der Waals surface area (Å²) < 4.78 is 115. The molecule has 0 spiro atoms. The number of aromatic hydroxyl groups is 1. The first kappa shape index (κ1) is 21.9. The van der Waals surface area contributed by atoms with Crippen LogP contribution in [0.15, 0.2) is 48.5 Å². The van der Waals surface area contributed by atoms with E-state index in [-0.39, 0.29) is 11.3 Å². The molecule has 10 heteroatoms. The molecule has 0 radical (unpaired) electrons. The van der Waals surface area contributed by atoms with E-state index in [2.05, 4.69) is 0 Å². The van der Waals surface area contributed by atoms with E-state index in [9.17, 15) is 44.6 Å². The number of rotatable bonds is 6. The molecule has 0 aliphatic heterocycles. The van der Waals surface area contributed by atoms with E-state index < -0.39 is 36.8 Å². The summed E-state index contributed by atoms with van der Waals surface area (Å²) in [6, 6.07) is 11.3. The van der Waals surface area contributed by atoms with E-state index in [0.29, 0.717) is 11.1 Å². The van der Waals surface area contributed by atoms with Crippen LogP contribution in [-0.2, 0) is 6.42 Å². The smallest absolute Gasteiger partial charge is 0.460 e. The Morgan fingerprint density at radius 2 is 1.04 bits per heavy atom. The third-order valence-corrected chi connectivity index (χ3v) is 4.09. The maximum absolute atomic E-state index is 13.5. The number of hydrogen-bond acceptors (Lipinski definition) is 1. The normalized spacial score (nSPS) is 13.6. The Hall–Kier alpha value is -2.39. The highest BCUT2D eigenvalue weighted by molar-refractivity contribution is 5.64. The molecule has 0 atom stereocenters. The Morgan fingerprint density at radius 3 is 1.46 bits per heavy atom. The zero-order valence-corrected chi connectivity index (χ0v) is 13.9. The molecule has 0 amide bonds. The third kappa shape index (κ3) is 4.05. The van der Waals surface area contributed by atoms with Gasteiger partial charge in [-0.2, -0.15) is 39.5 Å². The molecule has 0 aromatic heterocycles. The van der Waals surface area contributed by atoms with Gasteiger partial charge >= 0.3 is 23.9 Å². The summed E-state index contributed by atoms with van der Waals surface area (Å²) >= 11 is 0. The second kappa shape index (κ2) is 7.21. The van der Waals surface area contributed by atoms with Crippen LogP contribution >= 0.6 is 0 Å². The minimum absolute atomic E-state index is 0.0131. The van der Waals surface area contributed by atoms with Crippen LogP contribution in [0.4, 0.5) is 39.5 Å². The molecule has 0 aliphatic carbocycles. The molecule has 2 aromatic carbocycles. The fourth-order valence-electron chi connectivity index (χ4n) is 2.38. The van der Waals surface area contributed by atoms with Crippen molar-refractivity contribution >= 4 is 0 Å². The SMILES string of the molecule is Oc1ccc(-c2ccc(CCC(F)(F)C(F)(F)C(F)(F)C(F)(F)F)cc2)cc1. The largest absolute Gasteiger partial charge is 0.508 e. The lowest BCUT2D eigenvalue weighted by Gasteiger charge is -2.33. The van der Waals surface area contributed by atoms with Gasteiger partial charge in [-0.1, -0.05) is 36.4 Å². The minimum Gasteiger partial charge on any atom is -0.508 e. The zero-order chi connectivity index (χ0) is 21.4. The van der Waals surface area contributed by atoms with Gasteiger partial charge < -0.3 is 5.11 Å². The van der Waals surface area contributed by atoms with Crippen LogP contribution in [0.1, 0.15) is 12.0 Å². The fraction of sp³-hybridized carbons (Fsp3) is 0.333. The maximum Gasteiger partial charge on any atom is 0.460 e. The molecular weight excluding hydrogens is 403 g/mol. The van der Waals surface area contributed by atoms with Crippen molar-refractivity contribution in [2.24, 2.45) is 0 Å². The molecule has 0 unspecified atom stereocenters. The van der Waals surface area contributed by atoms with Crippen molar-refractivity contribution < 1.29 is 44.6 Å². The van der Waals surface area contributed by atoms with Crippen LogP contribution in [0.3, 0.4) is 0 Å². The molecule has 0 saturated heterocycles. The standard InChI is InChI=1S/C18H13F9O/c19-15(20,16(21,22)17(23,24)18(25,26)27)10-9-11-1-3-12(4-2-11)13-5-7-14(28)8-6-13/h1-8,28H,9-10H2. The Bertz CT molecular complexity index is 793. The quantitative estimate of drug-likeness (QED) is 0.536. The molecule has 28 heavy (non-hydrogen) atoms. The molecule has 0 saturated carbocycles. The van der Waals surface area contributed by atoms with Crippen LogP contribution in [0.5, 0.6) is 5.75 Å². The van der Waals surface area contributed by atoms with E-state index in [1.807, 2.05) is 0 Å². The van der Waals surface area contributed by atoms with Gasteiger partial charge in [-0.15, -0.1) is 0 Å². The molecule has 2 rings (SSSR count). The first-order valence-electron chi connectivity index (χ1n) is 7.77. The van der Waals surface area contributed by atoms with Crippen molar-refractivity contribution in [2.75, 3.05) is 0 Å². The van der Waals surface area contributed by atoms with Gasteiger partial charge in [-0.25, -0.2) is 0 Å². The predicted octanol–water partition coefficient (Wildman–Crippen LogP) is 6.46. The molecule has 2 aromatic rings. The van der Waals surface area contributed by atoms with Crippen LogP contribution in [-0.4, -0.2) is 29.1 Å². The number of hydrogen-bond donors (Lipinski definition) is 1. The highest BCUT2D eigenvalue weighted by atomic mass is 19.4. The summed E-state index contributed by atoms with van der Waals surface area (Å²) in [4.78, 5) is 0. The summed E-state index contributed by atoms with van der Waals surface area (Å²) in [7, 11) is 0. The molecule has 1 nitrogen and oxygen atoms in total.